The second kappa shape index (κ2) is 9.99. The first-order valence-electron chi connectivity index (χ1n) is 9.38. The first kappa shape index (κ1) is 22.2. The Labute approximate surface area is 186 Å². The molecule has 0 aliphatic rings. The van der Waals surface area contributed by atoms with E-state index in [-0.39, 0.29) is 24.2 Å². The fourth-order valence-electron chi connectivity index (χ4n) is 2.93. The number of likely N-dealkylation sites (N-methyl/N-ethyl adjacent to an activating group) is 2. The highest BCUT2D eigenvalue weighted by Gasteiger charge is 2.18. The topological polar surface area (TPSA) is 69.3 Å². The predicted octanol–water partition coefficient (Wildman–Crippen LogP) is 4.20. The van der Waals surface area contributed by atoms with Crippen LogP contribution in [-0.4, -0.2) is 59.0 Å². The number of nitrogens with one attached hydrogen (secondary N) is 1. The van der Waals surface area contributed by atoms with Gasteiger partial charge in [-0.25, -0.2) is 4.39 Å². The number of thiophene rings is 1. The number of carbonyl (C=O) groups is 2. The number of hydrogen-bond donors (Lipinski definition) is 1. The van der Waals surface area contributed by atoms with Crippen molar-refractivity contribution in [3.8, 4) is 11.3 Å². The third kappa shape index (κ3) is 5.76. The Morgan fingerprint density at radius 2 is 1.97 bits per heavy atom. The molecule has 2 heterocycles. The number of carbonyl (C=O) groups excluding carboxylic acids is 2. The molecule has 0 saturated carbocycles. The van der Waals surface area contributed by atoms with Crippen molar-refractivity contribution in [3.63, 3.8) is 0 Å². The van der Waals surface area contributed by atoms with Gasteiger partial charge in [-0.05, 0) is 59.1 Å². The van der Waals surface area contributed by atoms with Crippen LogP contribution >= 0.6 is 27.3 Å². The van der Waals surface area contributed by atoms with Gasteiger partial charge in [0.05, 0.1) is 20.9 Å². The number of benzene rings is 1. The summed E-state index contributed by atoms with van der Waals surface area (Å²) in [7, 11) is 3.35. The van der Waals surface area contributed by atoms with Crippen LogP contribution in [0.2, 0.25) is 0 Å². The van der Waals surface area contributed by atoms with Crippen LogP contribution in [0.25, 0.3) is 11.3 Å². The second-order valence-corrected chi connectivity index (χ2v) is 9.44. The number of H-pyrrole nitrogens is 1. The SMILES string of the molecule is CN(CCCc1cc(-c2cccc(F)c2)n[nH]1)C(=O)CN(C)C(=O)c1ccc(Br)s1. The Hall–Kier alpha value is -2.52. The zero-order valence-electron chi connectivity index (χ0n) is 16.7. The third-order valence-electron chi connectivity index (χ3n) is 4.62. The van der Waals surface area contributed by atoms with Crippen molar-refractivity contribution >= 4 is 39.1 Å². The molecular weight excluding hydrogens is 471 g/mol. The Bertz CT molecular complexity index is 1040. The van der Waals surface area contributed by atoms with Crippen LogP contribution in [0.3, 0.4) is 0 Å². The van der Waals surface area contributed by atoms with Crippen molar-refractivity contribution in [3.05, 3.63) is 62.6 Å². The zero-order valence-corrected chi connectivity index (χ0v) is 19.1. The second-order valence-electron chi connectivity index (χ2n) is 6.97. The molecular formula is C21H22BrFN4O2S. The van der Waals surface area contributed by atoms with E-state index in [9.17, 15) is 14.0 Å². The maximum Gasteiger partial charge on any atom is 0.264 e. The predicted molar refractivity (Wildman–Crippen MR) is 119 cm³/mol. The van der Waals surface area contributed by atoms with Gasteiger partial charge in [-0.15, -0.1) is 11.3 Å². The molecule has 3 rings (SSSR count). The smallest absolute Gasteiger partial charge is 0.264 e. The lowest BCUT2D eigenvalue weighted by molar-refractivity contribution is -0.130. The van der Waals surface area contributed by atoms with Gasteiger partial charge < -0.3 is 9.80 Å². The largest absolute Gasteiger partial charge is 0.344 e. The number of hydrogen-bond acceptors (Lipinski definition) is 4. The van der Waals surface area contributed by atoms with Gasteiger partial charge in [0.15, 0.2) is 0 Å². The molecule has 0 bridgehead atoms. The summed E-state index contributed by atoms with van der Waals surface area (Å²) in [5.41, 5.74) is 2.33. The zero-order chi connectivity index (χ0) is 21.7. The molecule has 1 N–H and O–H groups in total. The van der Waals surface area contributed by atoms with E-state index in [4.69, 9.17) is 0 Å². The fraction of sp³-hybridized carbons (Fsp3) is 0.286. The lowest BCUT2D eigenvalue weighted by atomic mass is 10.1. The first-order chi connectivity index (χ1) is 14.3. The Balaban J connectivity index is 1.45. The van der Waals surface area contributed by atoms with E-state index >= 15 is 0 Å². The summed E-state index contributed by atoms with van der Waals surface area (Å²) in [5, 5.41) is 7.19. The molecule has 0 aliphatic carbocycles. The molecule has 3 aromatic rings. The highest BCUT2D eigenvalue weighted by molar-refractivity contribution is 9.11. The van der Waals surface area contributed by atoms with Gasteiger partial charge in [0.2, 0.25) is 5.91 Å². The van der Waals surface area contributed by atoms with Crippen LogP contribution in [0.4, 0.5) is 4.39 Å². The number of aromatic nitrogens is 2. The Morgan fingerprint density at radius 3 is 2.67 bits per heavy atom. The van der Waals surface area contributed by atoms with Crippen LogP contribution < -0.4 is 0 Å². The summed E-state index contributed by atoms with van der Waals surface area (Å²) in [6.45, 7) is 0.582. The molecule has 0 unspecified atom stereocenters. The lowest BCUT2D eigenvalue weighted by Crippen LogP contribution is -2.39. The maximum atomic E-state index is 13.4. The summed E-state index contributed by atoms with van der Waals surface area (Å²) in [6.07, 6.45) is 1.44. The van der Waals surface area contributed by atoms with Gasteiger partial charge in [0.25, 0.3) is 5.91 Å². The average molecular weight is 493 g/mol. The Kier molecular flexibility index (Phi) is 7.38. The monoisotopic (exact) mass is 492 g/mol. The molecule has 158 valence electrons. The Morgan fingerprint density at radius 1 is 1.17 bits per heavy atom. The van der Waals surface area contributed by atoms with E-state index in [2.05, 4.69) is 26.1 Å². The van der Waals surface area contributed by atoms with E-state index in [1.54, 1.807) is 31.1 Å². The van der Waals surface area contributed by atoms with Gasteiger partial charge >= 0.3 is 0 Å². The van der Waals surface area contributed by atoms with Gasteiger partial charge in [-0.3, -0.25) is 14.7 Å². The van der Waals surface area contributed by atoms with E-state index < -0.39 is 0 Å². The van der Waals surface area contributed by atoms with Gasteiger partial charge in [-0.2, -0.15) is 5.10 Å². The molecule has 1 aromatic carbocycles. The molecule has 0 aliphatic heterocycles. The molecule has 0 saturated heterocycles. The molecule has 30 heavy (non-hydrogen) atoms. The quantitative estimate of drug-likeness (QED) is 0.512. The number of amides is 2. The fourth-order valence-corrected chi connectivity index (χ4v) is 4.31. The maximum absolute atomic E-state index is 13.4. The van der Waals surface area contributed by atoms with Crippen LogP contribution in [0.5, 0.6) is 0 Å². The lowest BCUT2D eigenvalue weighted by Gasteiger charge is -2.21. The molecule has 6 nitrogen and oxygen atoms in total. The van der Waals surface area contributed by atoms with E-state index in [1.165, 1.54) is 28.4 Å². The molecule has 0 spiro atoms. The minimum absolute atomic E-state index is 0.0264. The molecule has 2 amide bonds. The normalized spacial score (nSPS) is 10.8. The summed E-state index contributed by atoms with van der Waals surface area (Å²) in [5.74, 6) is -0.589. The van der Waals surface area contributed by atoms with Crippen molar-refractivity contribution in [1.82, 2.24) is 20.0 Å². The van der Waals surface area contributed by atoms with E-state index in [1.807, 2.05) is 18.2 Å². The van der Waals surface area contributed by atoms with E-state index in [0.29, 0.717) is 23.5 Å². The van der Waals surface area contributed by atoms with Gasteiger partial charge in [-0.1, -0.05) is 12.1 Å². The minimum atomic E-state index is -0.299. The molecule has 0 fully saturated rings. The number of aryl methyl sites for hydroxylation is 1. The third-order valence-corrected chi connectivity index (χ3v) is 6.23. The number of rotatable bonds is 8. The molecule has 2 aromatic heterocycles. The molecule has 0 radical (unpaired) electrons. The van der Waals surface area contributed by atoms with E-state index in [0.717, 1.165) is 21.5 Å². The summed E-state index contributed by atoms with van der Waals surface area (Å²) in [4.78, 5) is 28.4. The first-order valence-corrected chi connectivity index (χ1v) is 11.0. The summed E-state index contributed by atoms with van der Waals surface area (Å²) < 4.78 is 14.2. The summed E-state index contributed by atoms with van der Waals surface area (Å²) >= 11 is 4.68. The van der Waals surface area contributed by atoms with Gasteiger partial charge in [0.1, 0.15) is 5.82 Å². The van der Waals surface area contributed by atoms with Crippen LogP contribution in [0.15, 0.2) is 46.3 Å². The molecule has 0 atom stereocenters. The highest BCUT2D eigenvalue weighted by Crippen LogP contribution is 2.23. The van der Waals surface area contributed by atoms with Crippen molar-refractivity contribution in [2.24, 2.45) is 0 Å². The van der Waals surface area contributed by atoms with Crippen LogP contribution in [0, 0.1) is 5.82 Å². The van der Waals surface area contributed by atoms with Gasteiger partial charge in [0, 0.05) is 31.9 Å². The molecule has 9 heteroatoms. The van der Waals surface area contributed by atoms with Crippen molar-refractivity contribution in [2.45, 2.75) is 12.8 Å². The van der Waals surface area contributed by atoms with Crippen LogP contribution in [-0.2, 0) is 11.2 Å². The number of nitrogens with zero attached hydrogens (tertiary/aromatic N) is 3. The number of aromatic amines is 1. The summed E-state index contributed by atoms with van der Waals surface area (Å²) in [6, 6.07) is 11.7. The standard InChI is InChI=1S/C21H22BrFN4O2S/c1-26(20(28)13-27(2)21(29)18-8-9-19(22)30-18)10-4-7-16-12-17(25-24-16)14-5-3-6-15(23)11-14/h3,5-6,8-9,11-12H,4,7,10,13H2,1-2H3,(H,24,25). The minimum Gasteiger partial charge on any atom is -0.344 e. The number of halogens is 2. The van der Waals surface area contributed by atoms with Crippen LogP contribution in [0.1, 0.15) is 21.8 Å². The van der Waals surface area contributed by atoms with Crippen molar-refractivity contribution in [2.75, 3.05) is 27.2 Å². The van der Waals surface area contributed by atoms with Crippen molar-refractivity contribution < 1.29 is 14.0 Å². The van der Waals surface area contributed by atoms with Crippen molar-refractivity contribution in [1.29, 1.82) is 0 Å². The highest BCUT2D eigenvalue weighted by atomic mass is 79.9. The average Bonchev–Trinajstić information content (AvgIpc) is 3.36.